The number of nitrogens with zero attached hydrogens (tertiary/aromatic N) is 3. The number of hydrogen-bond acceptors (Lipinski definition) is 4. The zero-order chi connectivity index (χ0) is 20.3. The van der Waals surface area contributed by atoms with Gasteiger partial charge in [0.1, 0.15) is 0 Å². The smallest absolute Gasteiger partial charge is 0.237 e. The van der Waals surface area contributed by atoms with Gasteiger partial charge in [-0.25, -0.2) is 0 Å². The standard InChI is InChI=1S/C21H23ClN4OS/c1-5-26-19(16-10-7-6-9-13(16)2)24-25-21(26)28-15(4)20(27)23-18-12-8-11-17(22)14(18)3/h6-12,15H,5H2,1-4H3,(H,23,27)/t15-/m1/s1. The topological polar surface area (TPSA) is 59.8 Å². The third-order valence-electron chi connectivity index (χ3n) is 4.60. The summed E-state index contributed by atoms with van der Waals surface area (Å²) in [5, 5.41) is 12.7. The lowest BCUT2D eigenvalue weighted by Crippen LogP contribution is -2.23. The Morgan fingerprint density at radius 1 is 1.18 bits per heavy atom. The highest BCUT2D eigenvalue weighted by atomic mass is 35.5. The van der Waals surface area contributed by atoms with Gasteiger partial charge in [-0.3, -0.25) is 4.79 Å². The van der Waals surface area contributed by atoms with E-state index in [4.69, 9.17) is 11.6 Å². The van der Waals surface area contributed by atoms with Crippen molar-refractivity contribution in [3.8, 4) is 11.4 Å². The summed E-state index contributed by atoms with van der Waals surface area (Å²) in [4.78, 5) is 12.7. The van der Waals surface area contributed by atoms with E-state index >= 15 is 0 Å². The fourth-order valence-electron chi connectivity index (χ4n) is 2.87. The average molecular weight is 415 g/mol. The highest BCUT2D eigenvalue weighted by molar-refractivity contribution is 8.00. The van der Waals surface area contributed by atoms with Crippen LogP contribution in [0.4, 0.5) is 5.69 Å². The van der Waals surface area contributed by atoms with E-state index in [0.29, 0.717) is 5.02 Å². The average Bonchev–Trinajstić information content (AvgIpc) is 3.08. The van der Waals surface area contributed by atoms with Crippen molar-refractivity contribution in [1.82, 2.24) is 14.8 Å². The molecule has 0 unspecified atom stereocenters. The molecule has 7 heteroatoms. The van der Waals surface area contributed by atoms with Crippen LogP contribution in [0.25, 0.3) is 11.4 Å². The van der Waals surface area contributed by atoms with Crippen LogP contribution in [0.1, 0.15) is 25.0 Å². The van der Waals surface area contributed by atoms with Gasteiger partial charge in [0.05, 0.1) is 5.25 Å². The van der Waals surface area contributed by atoms with Crippen molar-refractivity contribution in [3.63, 3.8) is 0 Å². The van der Waals surface area contributed by atoms with Crippen molar-refractivity contribution in [3.05, 3.63) is 58.6 Å². The number of aryl methyl sites for hydroxylation is 1. The van der Waals surface area contributed by atoms with E-state index in [2.05, 4.69) is 35.4 Å². The number of anilines is 1. The Bertz CT molecular complexity index is 1000. The second-order valence-corrected chi connectivity index (χ2v) is 8.24. The van der Waals surface area contributed by atoms with Crippen molar-refractivity contribution in [2.45, 2.75) is 44.6 Å². The van der Waals surface area contributed by atoms with Crippen molar-refractivity contribution in [1.29, 1.82) is 0 Å². The van der Waals surface area contributed by atoms with E-state index in [-0.39, 0.29) is 11.2 Å². The first kappa shape index (κ1) is 20.4. The van der Waals surface area contributed by atoms with Gasteiger partial charge in [0, 0.05) is 22.8 Å². The molecule has 1 aromatic heterocycles. The largest absolute Gasteiger partial charge is 0.325 e. The first-order chi connectivity index (χ1) is 13.4. The van der Waals surface area contributed by atoms with Crippen molar-refractivity contribution in [2.24, 2.45) is 0 Å². The van der Waals surface area contributed by atoms with Gasteiger partial charge in [0.15, 0.2) is 11.0 Å². The highest BCUT2D eigenvalue weighted by Gasteiger charge is 2.21. The van der Waals surface area contributed by atoms with Gasteiger partial charge in [-0.1, -0.05) is 53.7 Å². The predicted molar refractivity (Wildman–Crippen MR) is 116 cm³/mol. The van der Waals surface area contributed by atoms with Gasteiger partial charge in [-0.2, -0.15) is 0 Å². The van der Waals surface area contributed by atoms with Crippen LogP contribution in [0.2, 0.25) is 5.02 Å². The van der Waals surface area contributed by atoms with Crippen LogP contribution in [0, 0.1) is 13.8 Å². The summed E-state index contributed by atoms with van der Waals surface area (Å²) in [5.41, 5.74) is 3.77. The number of carbonyl (C=O) groups excluding carboxylic acids is 1. The Labute approximate surface area is 174 Å². The first-order valence-corrected chi connectivity index (χ1v) is 10.4. The zero-order valence-electron chi connectivity index (χ0n) is 16.4. The molecule has 28 heavy (non-hydrogen) atoms. The Kier molecular flexibility index (Phi) is 6.42. The summed E-state index contributed by atoms with van der Waals surface area (Å²) in [6.07, 6.45) is 0. The molecule has 0 bridgehead atoms. The summed E-state index contributed by atoms with van der Waals surface area (Å²) in [6, 6.07) is 13.6. The van der Waals surface area contributed by atoms with Crippen molar-refractivity contribution in [2.75, 3.05) is 5.32 Å². The minimum absolute atomic E-state index is 0.0986. The van der Waals surface area contributed by atoms with Gasteiger partial charge in [0.2, 0.25) is 5.91 Å². The molecule has 146 valence electrons. The predicted octanol–water partition coefficient (Wildman–Crippen LogP) is 5.35. The number of carbonyl (C=O) groups is 1. The monoisotopic (exact) mass is 414 g/mol. The number of nitrogens with one attached hydrogen (secondary N) is 1. The fourth-order valence-corrected chi connectivity index (χ4v) is 3.96. The van der Waals surface area contributed by atoms with Crippen LogP contribution in [0.5, 0.6) is 0 Å². The molecule has 5 nitrogen and oxygen atoms in total. The molecular weight excluding hydrogens is 392 g/mol. The number of rotatable bonds is 6. The molecule has 1 N–H and O–H groups in total. The summed E-state index contributed by atoms with van der Waals surface area (Å²) in [7, 11) is 0. The van der Waals surface area contributed by atoms with Crippen LogP contribution >= 0.6 is 23.4 Å². The molecule has 0 fully saturated rings. The second kappa shape index (κ2) is 8.80. The third kappa shape index (κ3) is 4.23. The maximum absolute atomic E-state index is 12.7. The molecule has 3 aromatic rings. The van der Waals surface area contributed by atoms with Crippen LogP contribution in [-0.4, -0.2) is 25.9 Å². The van der Waals surface area contributed by atoms with Crippen molar-refractivity contribution < 1.29 is 4.79 Å². The van der Waals surface area contributed by atoms with Crippen LogP contribution in [0.3, 0.4) is 0 Å². The minimum atomic E-state index is -0.336. The van der Waals surface area contributed by atoms with Crippen molar-refractivity contribution >= 4 is 35.0 Å². The number of benzene rings is 2. The molecular formula is C21H23ClN4OS. The Morgan fingerprint density at radius 2 is 1.93 bits per heavy atom. The molecule has 0 spiro atoms. The lowest BCUT2D eigenvalue weighted by atomic mass is 10.1. The molecule has 0 saturated carbocycles. The van der Waals surface area contributed by atoms with E-state index in [1.54, 1.807) is 0 Å². The Hall–Kier alpha value is -2.31. The number of thioether (sulfide) groups is 1. The molecule has 0 radical (unpaired) electrons. The maximum atomic E-state index is 12.7. The molecule has 2 aromatic carbocycles. The summed E-state index contributed by atoms with van der Waals surface area (Å²) < 4.78 is 2.04. The lowest BCUT2D eigenvalue weighted by molar-refractivity contribution is -0.115. The molecule has 0 aliphatic rings. The molecule has 1 amide bonds. The minimum Gasteiger partial charge on any atom is -0.325 e. The molecule has 0 aliphatic heterocycles. The number of halogens is 1. The number of amides is 1. The SMILES string of the molecule is CCn1c(S[C@H](C)C(=O)Nc2cccc(Cl)c2C)nnc1-c1ccccc1C. The summed E-state index contributed by atoms with van der Waals surface area (Å²) in [5.74, 6) is 0.722. The fraction of sp³-hybridized carbons (Fsp3) is 0.286. The summed E-state index contributed by atoms with van der Waals surface area (Å²) in [6.45, 7) is 8.58. The quantitative estimate of drug-likeness (QED) is 0.552. The van der Waals surface area contributed by atoms with Gasteiger partial charge in [-0.15, -0.1) is 10.2 Å². The second-order valence-electron chi connectivity index (χ2n) is 6.53. The van der Waals surface area contributed by atoms with Crippen LogP contribution in [-0.2, 0) is 11.3 Å². The van der Waals surface area contributed by atoms with Crippen LogP contribution < -0.4 is 5.32 Å². The van der Waals surface area contributed by atoms with Crippen LogP contribution in [0.15, 0.2) is 47.6 Å². The third-order valence-corrected chi connectivity index (χ3v) is 6.09. The van der Waals surface area contributed by atoms with E-state index in [9.17, 15) is 4.79 Å². The number of aromatic nitrogens is 3. The Morgan fingerprint density at radius 3 is 2.64 bits per heavy atom. The summed E-state index contributed by atoms with van der Waals surface area (Å²) >= 11 is 7.54. The molecule has 0 saturated heterocycles. The first-order valence-electron chi connectivity index (χ1n) is 9.14. The molecule has 0 aliphatic carbocycles. The van der Waals surface area contributed by atoms with E-state index in [1.165, 1.54) is 11.8 Å². The maximum Gasteiger partial charge on any atom is 0.237 e. The van der Waals surface area contributed by atoms with E-state index < -0.39 is 0 Å². The highest BCUT2D eigenvalue weighted by Crippen LogP contribution is 2.29. The molecule has 1 atom stereocenters. The zero-order valence-corrected chi connectivity index (χ0v) is 17.9. The van der Waals surface area contributed by atoms with E-state index in [1.807, 2.05) is 54.8 Å². The van der Waals surface area contributed by atoms with E-state index in [0.717, 1.165) is 39.9 Å². The van der Waals surface area contributed by atoms with Gasteiger partial charge in [-0.05, 0) is 51.0 Å². The normalized spacial score (nSPS) is 12.0. The Balaban J connectivity index is 1.79. The lowest BCUT2D eigenvalue weighted by Gasteiger charge is -2.14. The number of hydrogen-bond donors (Lipinski definition) is 1. The van der Waals surface area contributed by atoms with Gasteiger partial charge >= 0.3 is 0 Å². The molecule has 3 rings (SSSR count). The molecule has 1 heterocycles. The van der Waals surface area contributed by atoms with Gasteiger partial charge in [0.25, 0.3) is 0 Å². The van der Waals surface area contributed by atoms with Gasteiger partial charge < -0.3 is 9.88 Å².